The van der Waals surface area contributed by atoms with Crippen molar-refractivity contribution < 1.29 is 108 Å². The summed E-state index contributed by atoms with van der Waals surface area (Å²) >= 11 is 0. The van der Waals surface area contributed by atoms with Crippen LogP contribution in [0.4, 0.5) is 0 Å². The molecule has 29 heteroatoms. The number of carbonyl (C=O) groups excluding carboxylic acids is 5. The number of aliphatic carboxylic acids is 4. The van der Waals surface area contributed by atoms with Gasteiger partial charge >= 0.3 is 23.9 Å². The van der Waals surface area contributed by atoms with Crippen molar-refractivity contribution in [2.45, 2.75) is 158 Å². The van der Waals surface area contributed by atoms with Gasteiger partial charge in [0, 0.05) is 13.3 Å². The van der Waals surface area contributed by atoms with Gasteiger partial charge in [-0.15, -0.1) is 0 Å². The van der Waals surface area contributed by atoms with Crippen LogP contribution in [0.1, 0.15) is 66.2 Å². The molecule has 2 heterocycles. The Kier molecular flexibility index (Phi) is 23.8. The number of nitrogens with two attached hydrogens (primary N) is 1. The predicted octanol–water partition coefficient (Wildman–Crippen LogP) is -7.05. The average molecular weight is 970 g/mol. The third kappa shape index (κ3) is 18.4. The molecule has 67 heavy (non-hydrogen) atoms. The van der Waals surface area contributed by atoms with E-state index < -0.39 is 183 Å². The van der Waals surface area contributed by atoms with Crippen LogP contribution in [0.5, 0.6) is 0 Å². The first kappa shape index (κ1) is 57.9. The van der Waals surface area contributed by atoms with Crippen LogP contribution in [-0.2, 0) is 62.1 Å². The standard InChI is InChI=1S/C38H63N7O22/c1-14(13-64-29-25(43-17(4)47)36(63)66-38(28(29)53)67-37-24(39)27(52)26(51)21(12-46)65-37)30(54)41-15(2)31(55)45-19(34(59)60)8-9-22(48)44-18(32(56)42-16(3)33(57)58)7-5-6-10-40-20(35(61)62)11-23(49)50/h14-16,18-21,24-29,36-38,40,46,51-53,63H,5-13,39H2,1-4H3,(H,41,54)(H,42,56)(H,43,47)(H,44,48)(H,45,55)(H,49,50)(H,57,58)(H,59,60)(H,61,62)/t14?,15-,16+,18-,19+,20+,21+,24+,25+,26+,27+,28-,29-,36-,37-,38+/m0/s1. The van der Waals surface area contributed by atoms with Crippen molar-refractivity contribution in [1.29, 1.82) is 0 Å². The number of carboxylic acid groups (broad SMARTS) is 4. The van der Waals surface area contributed by atoms with Crippen molar-refractivity contribution in [1.82, 2.24) is 31.9 Å². The first-order chi connectivity index (χ1) is 31.3. The van der Waals surface area contributed by atoms with Gasteiger partial charge in [0.15, 0.2) is 18.9 Å². The topological polar surface area (TPSA) is 471 Å². The molecule has 5 amide bonds. The Morgan fingerprint density at radius 1 is 0.687 bits per heavy atom. The van der Waals surface area contributed by atoms with Crippen LogP contribution >= 0.6 is 0 Å². The number of unbranched alkanes of at least 4 members (excludes halogenated alkanes) is 1. The summed E-state index contributed by atoms with van der Waals surface area (Å²) in [6, 6.07) is -10.1. The summed E-state index contributed by atoms with van der Waals surface area (Å²) in [6.45, 7) is 3.51. The molecule has 0 bridgehead atoms. The van der Waals surface area contributed by atoms with Gasteiger partial charge in [0.05, 0.1) is 31.6 Å². The Morgan fingerprint density at radius 2 is 1.31 bits per heavy atom. The number of nitrogens with one attached hydrogen (secondary N) is 6. The van der Waals surface area contributed by atoms with Gasteiger partial charge in [0.25, 0.3) is 0 Å². The molecular weight excluding hydrogens is 906 g/mol. The smallest absolute Gasteiger partial charge is 0.326 e. The normalized spacial score (nSPS) is 27.7. The zero-order valence-electron chi connectivity index (χ0n) is 37.0. The van der Waals surface area contributed by atoms with Gasteiger partial charge in [-0.05, 0) is 46.1 Å². The largest absolute Gasteiger partial charge is 0.481 e. The maximum absolute atomic E-state index is 13.1. The molecule has 0 aromatic heterocycles. The van der Waals surface area contributed by atoms with Crippen molar-refractivity contribution in [3.63, 3.8) is 0 Å². The summed E-state index contributed by atoms with van der Waals surface area (Å²) in [5.74, 6) is -11.1. The molecule has 0 spiro atoms. The summed E-state index contributed by atoms with van der Waals surface area (Å²) in [5, 5.41) is 103. The monoisotopic (exact) mass is 969 g/mol. The molecule has 29 nitrogen and oxygen atoms in total. The Hall–Kier alpha value is -5.21. The number of hydrogen-bond acceptors (Lipinski definition) is 20. The predicted molar refractivity (Wildman–Crippen MR) is 219 cm³/mol. The van der Waals surface area contributed by atoms with Crippen molar-refractivity contribution >= 4 is 53.4 Å². The van der Waals surface area contributed by atoms with Crippen LogP contribution in [0.2, 0.25) is 0 Å². The van der Waals surface area contributed by atoms with Crippen molar-refractivity contribution in [2.75, 3.05) is 19.8 Å². The summed E-state index contributed by atoms with van der Waals surface area (Å²) in [6.07, 6.45) is -14.9. The third-order valence-electron chi connectivity index (χ3n) is 10.5. The van der Waals surface area contributed by atoms with Gasteiger partial charge < -0.3 is 103 Å². The summed E-state index contributed by atoms with van der Waals surface area (Å²) in [7, 11) is 0. The second-order valence-electron chi connectivity index (χ2n) is 16.0. The van der Waals surface area contributed by atoms with Gasteiger partial charge in [-0.2, -0.15) is 0 Å². The second-order valence-corrected chi connectivity index (χ2v) is 16.0. The zero-order chi connectivity index (χ0) is 50.9. The van der Waals surface area contributed by atoms with Crippen LogP contribution in [-0.4, -0.2) is 211 Å². The highest BCUT2D eigenvalue weighted by atomic mass is 16.8. The molecule has 0 aromatic carbocycles. The van der Waals surface area contributed by atoms with Gasteiger partial charge in [-0.25, -0.2) is 4.79 Å². The number of hydrogen-bond donors (Lipinski definition) is 16. The van der Waals surface area contributed by atoms with E-state index >= 15 is 0 Å². The summed E-state index contributed by atoms with van der Waals surface area (Å²) in [4.78, 5) is 110. The van der Waals surface area contributed by atoms with Crippen LogP contribution in [0.3, 0.4) is 0 Å². The van der Waals surface area contributed by atoms with E-state index in [9.17, 15) is 84.0 Å². The quantitative estimate of drug-likeness (QED) is 0.0324. The van der Waals surface area contributed by atoms with E-state index in [-0.39, 0.29) is 25.8 Å². The van der Waals surface area contributed by atoms with Crippen molar-refractivity contribution in [3.8, 4) is 0 Å². The number of amides is 5. The van der Waals surface area contributed by atoms with E-state index in [1.807, 2.05) is 0 Å². The SMILES string of the molecule is CC(=O)N[C@@H]1[C@H](OCC(C)C(=O)N[C@@H](C)C(=O)N[C@H](CCC(=O)N[C@@H](CCCCN[C@H](CC(=O)O)C(=O)O)C(=O)N[C@H](C)C(=O)O)C(=O)O)[C@H](O)[C@@H](O[C@@H]2O[C@H](CO)[C@@H](O)[C@H](O)[C@H]2N)O[C@@H]1O. The third-order valence-corrected chi connectivity index (χ3v) is 10.5. The highest BCUT2D eigenvalue weighted by Gasteiger charge is 2.50. The lowest BCUT2D eigenvalue weighted by Crippen LogP contribution is -2.67. The Balaban J connectivity index is 2.02. The van der Waals surface area contributed by atoms with E-state index in [1.165, 1.54) is 20.8 Å². The Labute approximate surface area is 382 Å². The highest BCUT2D eigenvalue weighted by Crippen LogP contribution is 2.28. The molecule has 2 aliphatic heterocycles. The lowest BCUT2D eigenvalue weighted by Gasteiger charge is -2.46. The lowest BCUT2D eigenvalue weighted by molar-refractivity contribution is -0.373. The van der Waals surface area contributed by atoms with Crippen LogP contribution in [0, 0.1) is 5.92 Å². The second kappa shape index (κ2) is 27.6. The van der Waals surface area contributed by atoms with E-state index in [0.717, 1.165) is 6.92 Å². The molecule has 2 rings (SSSR count). The molecule has 2 saturated heterocycles. The fourth-order valence-corrected chi connectivity index (χ4v) is 6.56. The minimum Gasteiger partial charge on any atom is -0.481 e. The first-order valence-corrected chi connectivity index (χ1v) is 21.1. The van der Waals surface area contributed by atoms with E-state index in [1.54, 1.807) is 0 Å². The number of aliphatic hydroxyl groups excluding tert-OH is 5. The molecular formula is C38H63N7O22. The van der Waals surface area contributed by atoms with Gasteiger partial charge in [0.1, 0.15) is 66.8 Å². The number of carbonyl (C=O) groups is 9. The van der Waals surface area contributed by atoms with Crippen molar-refractivity contribution in [3.05, 3.63) is 0 Å². The molecule has 0 aliphatic carbocycles. The molecule has 16 atom stereocenters. The average Bonchev–Trinajstić information content (AvgIpc) is 3.24. The maximum Gasteiger partial charge on any atom is 0.326 e. The minimum absolute atomic E-state index is 0.00827. The Bertz CT molecular complexity index is 1730. The fraction of sp³-hybridized carbons (Fsp3) is 0.763. The number of carboxylic acids is 4. The fourth-order valence-electron chi connectivity index (χ4n) is 6.56. The van der Waals surface area contributed by atoms with Gasteiger partial charge in [-0.1, -0.05) is 6.92 Å². The Morgan fingerprint density at radius 3 is 1.88 bits per heavy atom. The first-order valence-electron chi connectivity index (χ1n) is 21.1. The van der Waals surface area contributed by atoms with Gasteiger partial charge in [0.2, 0.25) is 29.5 Å². The number of rotatable bonds is 28. The van der Waals surface area contributed by atoms with E-state index in [2.05, 4.69) is 31.9 Å². The number of ether oxygens (including phenoxy) is 4. The van der Waals surface area contributed by atoms with Crippen molar-refractivity contribution in [2.24, 2.45) is 11.7 Å². The summed E-state index contributed by atoms with van der Waals surface area (Å²) < 4.78 is 22.0. The molecule has 0 aromatic rings. The lowest BCUT2D eigenvalue weighted by atomic mass is 9.97. The van der Waals surface area contributed by atoms with E-state index in [4.69, 9.17) is 29.8 Å². The van der Waals surface area contributed by atoms with Crippen LogP contribution in [0.25, 0.3) is 0 Å². The number of aliphatic hydroxyl groups is 5. The molecule has 2 aliphatic rings. The molecule has 1 unspecified atom stereocenters. The summed E-state index contributed by atoms with van der Waals surface area (Å²) in [5.41, 5.74) is 5.90. The van der Waals surface area contributed by atoms with Crippen LogP contribution < -0.4 is 37.6 Å². The molecule has 2 fully saturated rings. The molecule has 0 radical (unpaired) electrons. The molecule has 17 N–H and O–H groups in total. The zero-order valence-corrected chi connectivity index (χ0v) is 37.0. The minimum atomic E-state index is -1.91. The highest BCUT2D eigenvalue weighted by molar-refractivity contribution is 5.92. The van der Waals surface area contributed by atoms with Crippen LogP contribution in [0.15, 0.2) is 0 Å². The molecule has 0 saturated carbocycles. The van der Waals surface area contributed by atoms with Gasteiger partial charge in [-0.3, -0.25) is 38.4 Å². The van der Waals surface area contributed by atoms with E-state index in [0.29, 0.717) is 0 Å². The molecule has 382 valence electrons. The maximum atomic E-state index is 13.1.